The van der Waals surface area contributed by atoms with Crippen LogP contribution in [0.1, 0.15) is 59.3 Å². The van der Waals surface area contributed by atoms with E-state index in [0.717, 1.165) is 25.8 Å². The molecule has 1 fully saturated rings. The fourth-order valence-electron chi connectivity index (χ4n) is 3.70. The van der Waals surface area contributed by atoms with E-state index in [1.54, 1.807) is 0 Å². The minimum Gasteiger partial charge on any atom is -0.481 e. The number of nitrogens with one attached hydrogen (secondary N) is 1. The first-order valence-electron chi connectivity index (χ1n) is 8.54. The SMILES string of the molecule is CCCCCCNC(=O)[C@@H]1C[C@H]([C@@H](CN)CC(=O)O)C1(C)C. The van der Waals surface area contributed by atoms with Crippen LogP contribution in [-0.2, 0) is 9.59 Å². The zero-order chi connectivity index (χ0) is 16.8. The number of rotatable bonds is 10. The average molecular weight is 312 g/mol. The second-order valence-electron chi connectivity index (χ2n) is 7.16. The lowest BCUT2D eigenvalue weighted by Crippen LogP contribution is -2.56. The van der Waals surface area contributed by atoms with E-state index < -0.39 is 5.97 Å². The van der Waals surface area contributed by atoms with Crippen LogP contribution >= 0.6 is 0 Å². The third kappa shape index (κ3) is 4.70. The number of carboxylic acids is 1. The predicted molar refractivity (Wildman–Crippen MR) is 87.3 cm³/mol. The van der Waals surface area contributed by atoms with Crippen LogP contribution in [0.25, 0.3) is 0 Å². The van der Waals surface area contributed by atoms with Crippen LogP contribution in [-0.4, -0.2) is 30.1 Å². The number of carbonyl (C=O) groups excluding carboxylic acids is 1. The summed E-state index contributed by atoms with van der Waals surface area (Å²) < 4.78 is 0. The van der Waals surface area contributed by atoms with E-state index in [0.29, 0.717) is 6.54 Å². The molecule has 22 heavy (non-hydrogen) atoms. The van der Waals surface area contributed by atoms with Crippen LogP contribution in [0.4, 0.5) is 0 Å². The van der Waals surface area contributed by atoms with Gasteiger partial charge in [0.1, 0.15) is 0 Å². The molecule has 0 spiro atoms. The highest BCUT2D eigenvalue weighted by Gasteiger charge is 2.54. The van der Waals surface area contributed by atoms with Crippen molar-refractivity contribution in [1.82, 2.24) is 5.32 Å². The molecule has 3 atom stereocenters. The quantitative estimate of drug-likeness (QED) is 0.540. The molecule has 0 bridgehead atoms. The molecule has 0 aromatic carbocycles. The first kappa shape index (κ1) is 18.9. The van der Waals surface area contributed by atoms with Crippen molar-refractivity contribution in [3.63, 3.8) is 0 Å². The maximum absolute atomic E-state index is 12.3. The largest absolute Gasteiger partial charge is 0.481 e. The predicted octanol–water partition coefficient (Wildman–Crippen LogP) is 2.39. The van der Waals surface area contributed by atoms with Crippen LogP contribution < -0.4 is 11.1 Å². The number of hydrogen-bond donors (Lipinski definition) is 3. The number of hydrogen-bond acceptors (Lipinski definition) is 3. The van der Waals surface area contributed by atoms with Gasteiger partial charge in [0.25, 0.3) is 0 Å². The highest BCUT2D eigenvalue weighted by Crippen LogP contribution is 2.55. The molecule has 1 saturated carbocycles. The third-order valence-electron chi connectivity index (χ3n) is 5.30. The fraction of sp³-hybridized carbons (Fsp3) is 0.882. The second kappa shape index (κ2) is 8.51. The number of carboxylic acid groups (broad SMARTS) is 1. The summed E-state index contributed by atoms with van der Waals surface area (Å²) in [5.74, 6) is -0.545. The number of nitrogens with two attached hydrogens (primary N) is 1. The van der Waals surface area contributed by atoms with Crippen LogP contribution in [0.2, 0.25) is 0 Å². The van der Waals surface area contributed by atoms with E-state index in [1.807, 2.05) is 0 Å². The van der Waals surface area contributed by atoms with Gasteiger partial charge in [0.15, 0.2) is 0 Å². The van der Waals surface area contributed by atoms with Gasteiger partial charge in [0.2, 0.25) is 5.91 Å². The molecule has 128 valence electrons. The first-order valence-corrected chi connectivity index (χ1v) is 8.54. The van der Waals surface area contributed by atoms with Gasteiger partial charge in [-0.25, -0.2) is 0 Å². The molecule has 5 heteroatoms. The smallest absolute Gasteiger partial charge is 0.303 e. The Morgan fingerprint density at radius 3 is 2.50 bits per heavy atom. The van der Waals surface area contributed by atoms with Gasteiger partial charge in [0, 0.05) is 18.9 Å². The molecular formula is C17H32N2O3. The monoisotopic (exact) mass is 312 g/mol. The molecule has 0 aromatic heterocycles. The summed E-state index contributed by atoms with van der Waals surface area (Å²) in [6.45, 7) is 7.40. The molecule has 1 aliphatic rings. The number of unbranched alkanes of at least 4 members (excludes halogenated alkanes) is 3. The first-order chi connectivity index (χ1) is 10.3. The lowest BCUT2D eigenvalue weighted by molar-refractivity contribution is -0.148. The Balaban J connectivity index is 2.44. The fourth-order valence-corrected chi connectivity index (χ4v) is 3.70. The van der Waals surface area contributed by atoms with Gasteiger partial charge < -0.3 is 16.2 Å². The molecule has 1 rings (SSSR count). The van der Waals surface area contributed by atoms with Crippen molar-refractivity contribution in [2.45, 2.75) is 59.3 Å². The summed E-state index contributed by atoms with van der Waals surface area (Å²) in [5.41, 5.74) is 5.56. The van der Waals surface area contributed by atoms with Crippen molar-refractivity contribution in [2.24, 2.45) is 28.9 Å². The molecule has 1 amide bonds. The second-order valence-corrected chi connectivity index (χ2v) is 7.16. The van der Waals surface area contributed by atoms with Crippen molar-refractivity contribution < 1.29 is 14.7 Å². The molecule has 4 N–H and O–H groups in total. The molecule has 0 aliphatic heterocycles. The van der Waals surface area contributed by atoms with Gasteiger partial charge in [-0.15, -0.1) is 0 Å². The Morgan fingerprint density at radius 2 is 2.00 bits per heavy atom. The maximum Gasteiger partial charge on any atom is 0.303 e. The van der Waals surface area contributed by atoms with Crippen LogP contribution in [0.3, 0.4) is 0 Å². The number of amides is 1. The van der Waals surface area contributed by atoms with Gasteiger partial charge in [-0.2, -0.15) is 0 Å². The zero-order valence-electron chi connectivity index (χ0n) is 14.2. The highest BCUT2D eigenvalue weighted by atomic mass is 16.4. The van der Waals surface area contributed by atoms with Crippen molar-refractivity contribution in [2.75, 3.05) is 13.1 Å². The van der Waals surface area contributed by atoms with E-state index in [1.165, 1.54) is 12.8 Å². The summed E-state index contributed by atoms with van der Waals surface area (Å²) in [6, 6.07) is 0. The topological polar surface area (TPSA) is 92.4 Å². The van der Waals surface area contributed by atoms with Crippen molar-refractivity contribution in [1.29, 1.82) is 0 Å². The molecule has 0 heterocycles. The Labute approximate surface area is 134 Å². The Hall–Kier alpha value is -1.10. The summed E-state index contributed by atoms with van der Waals surface area (Å²) >= 11 is 0. The lowest BCUT2D eigenvalue weighted by atomic mass is 9.50. The van der Waals surface area contributed by atoms with E-state index in [9.17, 15) is 9.59 Å². The van der Waals surface area contributed by atoms with Crippen molar-refractivity contribution in [3.05, 3.63) is 0 Å². The molecule has 0 unspecified atom stereocenters. The molecule has 1 aliphatic carbocycles. The van der Waals surface area contributed by atoms with Gasteiger partial charge >= 0.3 is 5.97 Å². The summed E-state index contributed by atoms with van der Waals surface area (Å²) in [6.07, 6.45) is 5.43. The number of carbonyl (C=O) groups is 2. The van der Waals surface area contributed by atoms with Crippen molar-refractivity contribution >= 4 is 11.9 Å². The standard InChI is InChI=1S/C17H32N2O3/c1-4-5-6-7-8-19-16(22)14-10-13(17(14,2)3)12(11-18)9-15(20)21/h12-14H,4-11,18H2,1-3H3,(H,19,22)(H,20,21)/t12-,13-,14+/m1/s1. The minimum atomic E-state index is -0.810. The average Bonchev–Trinajstić information content (AvgIpc) is 2.44. The normalized spacial score (nSPS) is 24.4. The van der Waals surface area contributed by atoms with E-state index >= 15 is 0 Å². The van der Waals surface area contributed by atoms with E-state index in [-0.39, 0.29) is 35.5 Å². The van der Waals surface area contributed by atoms with Gasteiger partial charge in [-0.3, -0.25) is 9.59 Å². The van der Waals surface area contributed by atoms with Crippen LogP contribution in [0, 0.1) is 23.2 Å². The Morgan fingerprint density at radius 1 is 1.32 bits per heavy atom. The van der Waals surface area contributed by atoms with Gasteiger partial charge in [-0.1, -0.05) is 40.0 Å². The zero-order valence-corrected chi connectivity index (χ0v) is 14.2. The van der Waals surface area contributed by atoms with Crippen LogP contribution in [0.15, 0.2) is 0 Å². The molecule has 0 aromatic rings. The minimum absolute atomic E-state index is 0.0217. The van der Waals surface area contributed by atoms with Gasteiger partial charge in [-0.05, 0) is 36.6 Å². The molecule has 0 saturated heterocycles. The van der Waals surface area contributed by atoms with Gasteiger partial charge in [0.05, 0.1) is 0 Å². The summed E-state index contributed by atoms with van der Waals surface area (Å²) in [5, 5.41) is 12.0. The Bertz CT molecular complexity index is 382. The molecule has 0 radical (unpaired) electrons. The molecular weight excluding hydrogens is 280 g/mol. The van der Waals surface area contributed by atoms with E-state index in [2.05, 4.69) is 26.1 Å². The summed E-state index contributed by atoms with van der Waals surface area (Å²) in [4.78, 5) is 23.2. The van der Waals surface area contributed by atoms with Crippen LogP contribution in [0.5, 0.6) is 0 Å². The van der Waals surface area contributed by atoms with E-state index in [4.69, 9.17) is 10.8 Å². The van der Waals surface area contributed by atoms with Crippen molar-refractivity contribution in [3.8, 4) is 0 Å². The Kier molecular flexibility index (Phi) is 7.33. The maximum atomic E-state index is 12.3. The third-order valence-corrected chi connectivity index (χ3v) is 5.30. The number of aliphatic carboxylic acids is 1. The summed E-state index contributed by atoms with van der Waals surface area (Å²) in [7, 11) is 0. The molecule has 5 nitrogen and oxygen atoms in total. The highest BCUT2D eigenvalue weighted by molar-refractivity contribution is 5.80. The lowest BCUT2D eigenvalue weighted by Gasteiger charge is -2.54.